The molecule has 2 fully saturated rings. The predicted molar refractivity (Wildman–Crippen MR) is 103 cm³/mol. The van der Waals surface area contributed by atoms with Gasteiger partial charge in [-0.05, 0) is 38.0 Å². The van der Waals surface area contributed by atoms with E-state index in [1.54, 1.807) is 0 Å². The Hall–Kier alpha value is -2.66. The molecule has 0 N–H and O–H groups in total. The van der Waals surface area contributed by atoms with Crippen molar-refractivity contribution in [3.63, 3.8) is 0 Å². The van der Waals surface area contributed by atoms with Gasteiger partial charge < -0.3 is 0 Å². The molecule has 140 valence electrons. The van der Waals surface area contributed by atoms with Crippen LogP contribution >= 0.6 is 0 Å². The van der Waals surface area contributed by atoms with Crippen LogP contribution in [-0.4, -0.2) is 29.4 Å². The summed E-state index contributed by atoms with van der Waals surface area (Å²) in [5, 5.41) is 1.83. The molecule has 0 aromatic heterocycles. The van der Waals surface area contributed by atoms with Gasteiger partial charge in [0.15, 0.2) is 0 Å². The van der Waals surface area contributed by atoms with Gasteiger partial charge in [0.05, 0.1) is 23.8 Å². The molecule has 2 aliphatic heterocycles. The first-order chi connectivity index (χ1) is 13.1. The van der Waals surface area contributed by atoms with E-state index in [1.165, 1.54) is 4.90 Å². The number of imide groups is 1. The Morgan fingerprint density at radius 3 is 2.41 bits per heavy atom. The van der Waals surface area contributed by atoms with Crippen LogP contribution in [0, 0.1) is 12.8 Å². The molecule has 2 amide bonds. The van der Waals surface area contributed by atoms with Crippen molar-refractivity contribution in [1.82, 2.24) is 4.90 Å². The molecule has 2 aromatic rings. The maximum atomic E-state index is 13.3. The number of benzene rings is 2. The van der Waals surface area contributed by atoms with Crippen LogP contribution in [0.25, 0.3) is 0 Å². The van der Waals surface area contributed by atoms with E-state index >= 15 is 0 Å². The highest BCUT2D eigenvalue weighted by atomic mass is 16.7. The topological polar surface area (TPSA) is 49.9 Å². The summed E-state index contributed by atoms with van der Waals surface area (Å²) in [6.07, 6.45) is 0.868. The maximum Gasteiger partial charge on any atom is 0.237 e. The van der Waals surface area contributed by atoms with Crippen LogP contribution in [0.5, 0.6) is 0 Å². The van der Waals surface area contributed by atoms with Gasteiger partial charge in [-0.3, -0.25) is 19.3 Å². The molecule has 5 heteroatoms. The summed E-state index contributed by atoms with van der Waals surface area (Å²) in [5.74, 6) is -0.642. The van der Waals surface area contributed by atoms with Crippen LogP contribution in [-0.2, 0) is 14.4 Å². The average molecular weight is 364 g/mol. The largest absolute Gasteiger partial charge is 0.282 e. The van der Waals surface area contributed by atoms with Crippen molar-refractivity contribution in [3.8, 4) is 0 Å². The molecule has 27 heavy (non-hydrogen) atoms. The SMILES string of the molecule is Cc1ccc([C@@H]2[C@@H](C(=O)N3CCCC3=O)[C@H](C)ON2c2ccccc2)cc1. The van der Waals surface area contributed by atoms with E-state index in [0.29, 0.717) is 13.0 Å². The summed E-state index contributed by atoms with van der Waals surface area (Å²) in [6.45, 7) is 4.46. The zero-order chi connectivity index (χ0) is 19.0. The Labute approximate surface area is 159 Å². The molecular formula is C22H24N2O3. The van der Waals surface area contributed by atoms with Crippen molar-refractivity contribution in [2.75, 3.05) is 11.6 Å². The van der Waals surface area contributed by atoms with E-state index in [2.05, 4.69) is 0 Å². The molecule has 2 aromatic carbocycles. The van der Waals surface area contributed by atoms with E-state index in [1.807, 2.05) is 73.5 Å². The summed E-state index contributed by atoms with van der Waals surface area (Å²) in [7, 11) is 0. The van der Waals surface area contributed by atoms with E-state index in [9.17, 15) is 9.59 Å². The lowest BCUT2D eigenvalue weighted by molar-refractivity contribution is -0.145. The third kappa shape index (κ3) is 3.23. The Kier molecular flexibility index (Phi) is 4.70. The van der Waals surface area contributed by atoms with Crippen molar-refractivity contribution < 1.29 is 14.4 Å². The normalized spacial score (nSPS) is 25.3. The minimum absolute atomic E-state index is 0.0759. The second-order valence-corrected chi connectivity index (χ2v) is 7.34. The molecule has 0 spiro atoms. The fraction of sp³-hybridized carbons (Fsp3) is 0.364. The molecule has 0 unspecified atom stereocenters. The van der Waals surface area contributed by atoms with Gasteiger partial charge in [-0.15, -0.1) is 0 Å². The van der Waals surface area contributed by atoms with E-state index in [0.717, 1.165) is 23.2 Å². The van der Waals surface area contributed by atoms with Crippen LogP contribution < -0.4 is 5.06 Å². The van der Waals surface area contributed by atoms with Crippen molar-refractivity contribution >= 4 is 17.5 Å². The maximum absolute atomic E-state index is 13.3. The number of nitrogens with zero attached hydrogens (tertiary/aromatic N) is 2. The minimum atomic E-state index is -0.435. The third-order valence-electron chi connectivity index (χ3n) is 5.43. The number of hydrogen-bond acceptors (Lipinski definition) is 4. The lowest BCUT2D eigenvalue weighted by Crippen LogP contribution is -2.42. The number of likely N-dealkylation sites (tertiary alicyclic amines) is 1. The standard InChI is InChI=1S/C22H24N2O3/c1-15-10-12-17(13-11-15)21-20(22(26)23-14-6-9-19(23)25)16(2)27-24(21)18-7-4-3-5-8-18/h3-5,7-8,10-13,16,20-21H,6,9,14H2,1-2H3/t16-,20-,21+/m0/s1. The Balaban J connectivity index is 1.75. The molecular weight excluding hydrogens is 340 g/mol. The number of aryl methyl sites for hydroxylation is 1. The van der Waals surface area contributed by atoms with Gasteiger partial charge in [-0.2, -0.15) is 0 Å². The van der Waals surface area contributed by atoms with Gasteiger partial charge in [-0.1, -0.05) is 48.0 Å². The summed E-state index contributed by atoms with van der Waals surface area (Å²) in [6, 6.07) is 17.7. The molecule has 2 aliphatic rings. The summed E-state index contributed by atoms with van der Waals surface area (Å²) < 4.78 is 0. The molecule has 0 radical (unpaired) electrons. The third-order valence-corrected chi connectivity index (χ3v) is 5.43. The first-order valence-corrected chi connectivity index (χ1v) is 9.48. The Bertz CT molecular complexity index is 834. The predicted octanol–water partition coefficient (Wildman–Crippen LogP) is 3.64. The van der Waals surface area contributed by atoms with E-state index in [-0.39, 0.29) is 24.0 Å². The van der Waals surface area contributed by atoms with Crippen LogP contribution in [0.2, 0.25) is 0 Å². The van der Waals surface area contributed by atoms with Gasteiger partial charge in [-0.25, -0.2) is 5.06 Å². The Morgan fingerprint density at radius 2 is 1.78 bits per heavy atom. The first-order valence-electron chi connectivity index (χ1n) is 9.48. The number of para-hydroxylation sites is 1. The monoisotopic (exact) mass is 364 g/mol. The fourth-order valence-electron chi connectivity index (χ4n) is 4.01. The van der Waals surface area contributed by atoms with Crippen LogP contribution in [0.3, 0.4) is 0 Å². The zero-order valence-electron chi connectivity index (χ0n) is 15.7. The molecule has 0 bridgehead atoms. The van der Waals surface area contributed by atoms with Crippen molar-refractivity contribution in [2.45, 2.75) is 38.8 Å². The second kappa shape index (κ2) is 7.16. The number of hydrogen-bond donors (Lipinski definition) is 0. The zero-order valence-corrected chi connectivity index (χ0v) is 15.7. The summed E-state index contributed by atoms with van der Waals surface area (Å²) in [4.78, 5) is 33.0. The van der Waals surface area contributed by atoms with Crippen LogP contribution in [0.15, 0.2) is 54.6 Å². The number of rotatable bonds is 3. The van der Waals surface area contributed by atoms with Gasteiger partial charge >= 0.3 is 0 Å². The highest BCUT2D eigenvalue weighted by molar-refractivity contribution is 5.98. The van der Waals surface area contributed by atoms with Gasteiger partial charge in [0.2, 0.25) is 11.8 Å². The number of carbonyl (C=O) groups is 2. The van der Waals surface area contributed by atoms with Crippen LogP contribution in [0.1, 0.15) is 36.9 Å². The van der Waals surface area contributed by atoms with Crippen molar-refractivity contribution in [2.24, 2.45) is 5.92 Å². The number of carbonyl (C=O) groups excluding carboxylic acids is 2. The fourth-order valence-corrected chi connectivity index (χ4v) is 4.01. The van der Waals surface area contributed by atoms with Crippen molar-refractivity contribution in [3.05, 3.63) is 65.7 Å². The van der Waals surface area contributed by atoms with Crippen molar-refractivity contribution in [1.29, 1.82) is 0 Å². The number of anilines is 1. The van der Waals surface area contributed by atoms with E-state index < -0.39 is 5.92 Å². The van der Waals surface area contributed by atoms with Gasteiger partial charge in [0.1, 0.15) is 0 Å². The van der Waals surface area contributed by atoms with E-state index in [4.69, 9.17) is 4.84 Å². The average Bonchev–Trinajstić information content (AvgIpc) is 3.26. The smallest absolute Gasteiger partial charge is 0.237 e. The van der Waals surface area contributed by atoms with Crippen LogP contribution in [0.4, 0.5) is 5.69 Å². The molecule has 0 aliphatic carbocycles. The summed E-state index contributed by atoms with van der Waals surface area (Å²) >= 11 is 0. The lowest BCUT2D eigenvalue weighted by atomic mass is 9.88. The lowest BCUT2D eigenvalue weighted by Gasteiger charge is -2.28. The molecule has 0 saturated carbocycles. The highest BCUT2D eigenvalue weighted by Crippen LogP contribution is 2.43. The number of hydroxylamine groups is 1. The number of amides is 2. The van der Waals surface area contributed by atoms with Gasteiger partial charge in [0.25, 0.3) is 0 Å². The minimum Gasteiger partial charge on any atom is -0.282 e. The quantitative estimate of drug-likeness (QED) is 0.780. The first kappa shape index (κ1) is 17.7. The molecule has 2 saturated heterocycles. The highest BCUT2D eigenvalue weighted by Gasteiger charge is 2.49. The second-order valence-electron chi connectivity index (χ2n) is 7.34. The molecule has 4 rings (SSSR count). The molecule has 2 heterocycles. The molecule has 3 atom stereocenters. The summed E-state index contributed by atoms with van der Waals surface area (Å²) in [5.41, 5.74) is 3.08. The Morgan fingerprint density at radius 1 is 1.07 bits per heavy atom. The van der Waals surface area contributed by atoms with Gasteiger partial charge in [0, 0.05) is 13.0 Å². The molecule has 5 nitrogen and oxygen atoms in total.